The molecule has 0 atom stereocenters. The van der Waals surface area contributed by atoms with Gasteiger partial charge in [0.05, 0.1) is 6.61 Å². The molecule has 0 saturated heterocycles. The van der Waals surface area contributed by atoms with Crippen molar-refractivity contribution in [3.8, 4) is 0 Å². The van der Waals surface area contributed by atoms with E-state index in [0.717, 1.165) is 5.39 Å². The van der Waals surface area contributed by atoms with Crippen LogP contribution in [0.5, 0.6) is 0 Å². The van der Waals surface area contributed by atoms with Crippen molar-refractivity contribution >= 4 is 10.9 Å². The van der Waals surface area contributed by atoms with Crippen LogP contribution in [0, 0.1) is 0 Å². The second-order valence-electron chi connectivity index (χ2n) is 4.21. The molecular weight excluding hydrogens is 261 g/mol. The van der Waals surface area contributed by atoms with Crippen molar-refractivity contribution in [3.05, 3.63) is 34.9 Å². The monoisotopic (exact) mass is 274 g/mol. The van der Waals surface area contributed by atoms with Crippen LogP contribution >= 0.6 is 0 Å². The number of rotatable bonds is 4. The normalized spacial score (nSPS) is 12.2. The Morgan fingerprint density at radius 2 is 1.95 bits per heavy atom. The maximum absolute atomic E-state index is 12.1. The quantitative estimate of drug-likeness (QED) is 0.799. The summed E-state index contributed by atoms with van der Waals surface area (Å²) in [6.45, 7) is -1.36. The lowest BCUT2D eigenvalue weighted by Crippen LogP contribution is -2.25. The molecule has 0 radical (unpaired) electrons. The second-order valence-corrected chi connectivity index (χ2v) is 4.21. The fourth-order valence-electron chi connectivity index (χ4n) is 1.86. The highest BCUT2D eigenvalue weighted by atomic mass is 19.4. The van der Waals surface area contributed by atoms with E-state index in [1.165, 1.54) is 4.57 Å². The van der Waals surface area contributed by atoms with Crippen molar-refractivity contribution in [1.82, 2.24) is 9.13 Å². The Morgan fingerprint density at radius 3 is 2.63 bits per heavy atom. The molecule has 19 heavy (non-hydrogen) atoms. The summed E-state index contributed by atoms with van der Waals surface area (Å²) >= 11 is 0. The number of hydrogen-bond donors (Lipinski definition) is 0. The van der Waals surface area contributed by atoms with Crippen LogP contribution in [0.2, 0.25) is 0 Å². The molecule has 0 fully saturated rings. The second kappa shape index (κ2) is 5.08. The number of fused-ring (bicyclic) bond motifs is 1. The molecule has 0 amide bonds. The topological polar surface area (TPSA) is 36.2 Å². The fraction of sp³-hybridized carbons (Fsp3) is 0.417. The first-order valence-electron chi connectivity index (χ1n) is 5.67. The van der Waals surface area contributed by atoms with E-state index >= 15 is 0 Å². The van der Waals surface area contributed by atoms with E-state index in [4.69, 9.17) is 0 Å². The number of pyridine rings is 1. The first-order valence-corrected chi connectivity index (χ1v) is 5.67. The van der Waals surface area contributed by atoms with Crippen LogP contribution in [0.3, 0.4) is 0 Å². The van der Waals surface area contributed by atoms with Crippen LogP contribution in [0.4, 0.5) is 13.2 Å². The highest BCUT2D eigenvalue weighted by molar-refractivity contribution is 5.78. The summed E-state index contributed by atoms with van der Waals surface area (Å²) in [5.41, 5.74) is 0.291. The van der Waals surface area contributed by atoms with Crippen LogP contribution in [0.15, 0.2) is 29.3 Å². The summed E-state index contributed by atoms with van der Waals surface area (Å²) < 4.78 is 43.2. The van der Waals surface area contributed by atoms with Crippen molar-refractivity contribution in [3.63, 3.8) is 0 Å². The molecule has 0 aliphatic carbocycles. The molecule has 104 valence electrons. The SMILES string of the molecule is Cn1ccc2ccn(CCOCC(F)(F)F)c(=O)c21. The van der Waals surface area contributed by atoms with E-state index in [1.54, 1.807) is 36.1 Å². The zero-order valence-corrected chi connectivity index (χ0v) is 10.3. The van der Waals surface area contributed by atoms with Crippen molar-refractivity contribution in [1.29, 1.82) is 0 Å². The summed E-state index contributed by atoms with van der Waals surface area (Å²) in [5, 5.41) is 0.806. The average molecular weight is 274 g/mol. The van der Waals surface area contributed by atoms with Gasteiger partial charge in [-0.05, 0) is 12.1 Å². The van der Waals surface area contributed by atoms with Gasteiger partial charge in [-0.3, -0.25) is 4.79 Å². The summed E-state index contributed by atoms with van der Waals surface area (Å²) in [6, 6.07) is 3.56. The molecule has 0 unspecified atom stereocenters. The van der Waals surface area contributed by atoms with Crippen LogP contribution in [0.25, 0.3) is 10.9 Å². The molecule has 0 saturated carbocycles. The van der Waals surface area contributed by atoms with Crippen molar-refractivity contribution in [2.75, 3.05) is 13.2 Å². The Kier molecular flexibility index (Phi) is 3.66. The zero-order valence-electron chi connectivity index (χ0n) is 10.3. The zero-order chi connectivity index (χ0) is 14.0. The molecule has 0 N–H and O–H groups in total. The van der Waals surface area contributed by atoms with Crippen molar-refractivity contribution in [2.24, 2.45) is 7.05 Å². The summed E-state index contributed by atoms with van der Waals surface area (Å²) in [7, 11) is 1.74. The van der Waals surface area contributed by atoms with Gasteiger partial charge in [-0.25, -0.2) is 0 Å². The standard InChI is InChI=1S/C12H13F3N2O2/c1-16-4-2-9-3-5-17(11(18)10(9)16)6-7-19-8-12(13,14)15/h2-5H,6-8H2,1H3. The number of aromatic nitrogens is 2. The Morgan fingerprint density at radius 1 is 1.26 bits per heavy atom. The van der Waals surface area contributed by atoms with E-state index in [0.29, 0.717) is 5.52 Å². The molecule has 0 aliphatic heterocycles. The third-order valence-corrected chi connectivity index (χ3v) is 2.74. The van der Waals surface area contributed by atoms with Crippen LogP contribution in [-0.4, -0.2) is 28.5 Å². The summed E-state index contributed by atoms with van der Waals surface area (Å²) in [5.74, 6) is 0. The van der Waals surface area contributed by atoms with E-state index in [-0.39, 0.29) is 18.7 Å². The maximum Gasteiger partial charge on any atom is 0.411 e. The maximum atomic E-state index is 12.1. The van der Waals surface area contributed by atoms with Crippen molar-refractivity contribution in [2.45, 2.75) is 12.7 Å². The van der Waals surface area contributed by atoms with E-state index in [9.17, 15) is 18.0 Å². The van der Waals surface area contributed by atoms with Crippen LogP contribution in [0.1, 0.15) is 0 Å². The Balaban J connectivity index is 2.07. The first-order chi connectivity index (χ1) is 8.88. The summed E-state index contributed by atoms with van der Waals surface area (Å²) in [6.07, 6.45) is -1.02. The lowest BCUT2D eigenvalue weighted by molar-refractivity contribution is -0.174. The van der Waals surface area contributed by atoms with Gasteiger partial charge in [-0.15, -0.1) is 0 Å². The molecule has 2 aromatic heterocycles. The first kappa shape index (κ1) is 13.7. The third kappa shape index (κ3) is 3.17. The smallest absolute Gasteiger partial charge is 0.370 e. The molecule has 4 nitrogen and oxygen atoms in total. The Hall–Kier alpha value is -1.76. The Bertz CT molecular complexity index is 628. The van der Waals surface area contributed by atoms with Crippen molar-refractivity contribution < 1.29 is 17.9 Å². The van der Waals surface area contributed by atoms with Gasteiger partial charge in [0.2, 0.25) is 0 Å². The van der Waals surface area contributed by atoms with Gasteiger partial charge in [0.1, 0.15) is 12.1 Å². The summed E-state index contributed by atoms with van der Waals surface area (Å²) in [4.78, 5) is 12.1. The number of hydrogen-bond acceptors (Lipinski definition) is 2. The van der Waals surface area contributed by atoms with Gasteiger partial charge in [0.15, 0.2) is 0 Å². The van der Waals surface area contributed by atoms with Gasteiger partial charge in [-0.2, -0.15) is 13.2 Å². The predicted molar refractivity (Wildman–Crippen MR) is 64.1 cm³/mol. The molecule has 2 rings (SSSR count). The average Bonchev–Trinajstić information content (AvgIpc) is 2.68. The lowest BCUT2D eigenvalue weighted by atomic mass is 10.3. The fourth-order valence-corrected chi connectivity index (χ4v) is 1.86. The number of halogens is 3. The lowest BCUT2D eigenvalue weighted by Gasteiger charge is -2.09. The van der Waals surface area contributed by atoms with Gasteiger partial charge >= 0.3 is 6.18 Å². The molecule has 0 bridgehead atoms. The Labute approximate surface area is 107 Å². The van der Waals surface area contributed by atoms with E-state index in [1.807, 2.05) is 0 Å². The van der Waals surface area contributed by atoms with Gasteiger partial charge < -0.3 is 13.9 Å². The third-order valence-electron chi connectivity index (χ3n) is 2.74. The molecule has 7 heteroatoms. The van der Waals surface area contributed by atoms with Gasteiger partial charge in [-0.1, -0.05) is 0 Å². The molecule has 0 aliphatic rings. The molecule has 0 spiro atoms. The number of ether oxygens (including phenoxy) is 1. The minimum Gasteiger partial charge on any atom is -0.370 e. The molecule has 2 heterocycles. The number of aryl methyl sites for hydroxylation is 1. The number of alkyl halides is 3. The van der Waals surface area contributed by atoms with Gasteiger partial charge in [0.25, 0.3) is 5.56 Å². The largest absolute Gasteiger partial charge is 0.411 e. The van der Waals surface area contributed by atoms with Crippen LogP contribution < -0.4 is 5.56 Å². The molecule has 2 aromatic rings. The van der Waals surface area contributed by atoms with E-state index < -0.39 is 12.8 Å². The van der Waals surface area contributed by atoms with Crippen LogP contribution in [-0.2, 0) is 18.3 Å². The minimum absolute atomic E-state index is 0.0933. The highest BCUT2D eigenvalue weighted by Gasteiger charge is 2.27. The number of nitrogens with zero attached hydrogens (tertiary/aromatic N) is 2. The minimum atomic E-state index is -4.34. The van der Waals surface area contributed by atoms with E-state index in [2.05, 4.69) is 4.74 Å². The molecular formula is C12H13F3N2O2. The highest BCUT2D eigenvalue weighted by Crippen LogP contribution is 2.14. The predicted octanol–water partition coefficient (Wildman–Crippen LogP) is 1.92. The molecule has 0 aromatic carbocycles. The van der Waals surface area contributed by atoms with Gasteiger partial charge in [0, 0.05) is 31.4 Å².